The SMILES string of the molecule is CC(=O)Oc1ccc(C=CC(=O)Oc2ccc(C(=N)N)cc2C(=O)c2ccccc2)cc1.CS(=O)(=O)O. The van der Waals surface area contributed by atoms with Crippen LogP contribution in [0.2, 0.25) is 0 Å². The minimum absolute atomic E-state index is 0.0590. The van der Waals surface area contributed by atoms with E-state index in [-0.39, 0.29) is 22.9 Å². The molecule has 3 rings (SSSR count). The maximum Gasteiger partial charge on any atom is 0.336 e. The Hall–Kier alpha value is -4.61. The second kappa shape index (κ2) is 12.9. The summed E-state index contributed by atoms with van der Waals surface area (Å²) in [7, 11) is -3.67. The maximum atomic E-state index is 13.0. The Kier molecular flexibility index (Phi) is 9.99. The standard InChI is InChI=1S/C25H20N2O5.CH4O3S/c1-16(28)31-20-11-7-17(8-12-20)9-14-23(29)32-22-13-10-19(25(26)27)15-21(22)24(30)18-5-3-2-4-6-18;1-5(2,3)4/h2-15H,1H3,(H3,26,27);1H3,(H,2,3,4). The lowest BCUT2D eigenvalue weighted by atomic mass is 10.00. The molecular formula is C26H24N2O8S. The van der Waals surface area contributed by atoms with Crippen LogP contribution in [0.3, 0.4) is 0 Å². The van der Waals surface area contributed by atoms with Crippen molar-refractivity contribution >= 4 is 39.8 Å². The van der Waals surface area contributed by atoms with Crippen molar-refractivity contribution in [3.63, 3.8) is 0 Å². The van der Waals surface area contributed by atoms with Crippen molar-refractivity contribution in [3.05, 3.63) is 101 Å². The number of carbonyl (C=O) groups excluding carboxylic acids is 3. The van der Waals surface area contributed by atoms with Gasteiger partial charge in [-0.25, -0.2) is 4.79 Å². The molecule has 0 aliphatic carbocycles. The zero-order valence-electron chi connectivity index (χ0n) is 19.9. The van der Waals surface area contributed by atoms with E-state index in [1.807, 2.05) is 0 Å². The predicted molar refractivity (Wildman–Crippen MR) is 137 cm³/mol. The average molecular weight is 525 g/mol. The highest BCUT2D eigenvalue weighted by Crippen LogP contribution is 2.24. The van der Waals surface area contributed by atoms with Crippen LogP contribution < -0.4 is 15.2 Å². The summed E-state index contributed by atoms with van der Waals surface area (Å²) in [4.78, 5) is 36.3. The summed E-state index contributed by atoms with van der Waals surface area (Å²) >= 11 is 0. The largest absolute Gasteiger partial charge is 0.427 e. The van der Waals surface area contributed by atoms with E-state index in [4.69, 9.17) is 25.2 Å². The lowest BCUT2D eigenvalue weighted by Crippen LogP contribution is -2.14. The van der Waals surface area contributed by atoms with Crippen LogP contribution in [0.25, 0.3) is 6.08 Å². The third kappa shape index (κ3) is 10.3. The third-order valence-electron chi connectivity index (χ3n) is 4.34. The number of ether oxygens (including phenoxy) is 2. The fourth-order valence-corrected chi connectivity index (χ4v) is 2.83. The Morgan fingerprint density at radius 3 is 2.05 bits per heavy atom. The Labute approximate surface area is 213 Å². The second-order valence-corrected chi connectivity index (χ2v) is 8.94. The van der Waals surface area contributed by atoms with Crippen molar-refractivity contribution in [2.75, 3.05) is 6.26 Å². The third-order valence-corrected chi connectivity index (χ3v) is 4.34. The molecular weight excluding hydrogens is 500 g/mol. The first-order valence-electron chi connectivity index (χ1n) is 10.5. The van der Waals surface area contributed by atoms with E-state index in [9.17, 15) is 22.8 Å². The first-order valence-corrected chi connectivity index (χ1v) is 12.4. The molecule has 4 N–H and O–H groups in total. The molecule has 0 aliphatic heterocycles. The molecule has 3 aromatic carbocycles. The van der Waals surface area contributed by atoms with Gasteiger partial charge in [0.25, 0.3) is 10.1 Å². The molecule has 10 nitrogen and oxygen atoms in total. The molecule has 0 heterocycles. The van der Waals surface area contributed by atoms with E-state index in [1.54, 1.807) is 54.6 Å². The number of nitrogens with one attached hydrogen (secondary N) is 1. The zero-order chi connectivity index (χ0) is 27.6. The average Bonchev–Trinajstić information content (AvgIpc) is 2.82. The molecule has 0 atom stereocenters. The van der Waals surface area contributed by atoms with Crippen LogP contribution in [0.15, 0.2) is 78.9 Å². The van der Waals surface area contributed by atoms with Crippen LogP contribution in [-0.2, 0) is 19.7 Å². The van der Waals surface area contributed by atoms with E-state index in [0.29, 0.717) is 28.7 Å². The van der Waals surface area contributed by atoms with E-state index in [2.05, 4.69) is 0 Å². The normalized spacial score (nSPS) is 10.7. The number of carbonyl (C=O) groups is 3. The van der Waals surface area contributed by atoms with Gasteiger partial charge < -0.3 is 15.2 Å². The van der Waals surface area contributed by atoms with Crippen molar-refractivity contribution < 1.29 is 36.8 Å². The first-order chi connectivity index (χ1) is 17.3. The Morgan fingerprint density at radius 1 is 0.919 bits per heavy atom. The molecule has 0 saturated carbocycles. The summed E-state index contributed by atoms with van der Waals surface area (Å²) in [6.45, 7) is 1.31. The Bertz CT molecular complexity index is 1420. The summed E-state index contributed by atoms with van der Waals surface area (Å²) < 4.78 is 36.2. The summed E-state index contributed by atoms with van der Waals surface area (Å²) in [6.07, 6.45) is 3.46. The molecule has 37 heavy (non-hydrogen) atoms. The lowest BCUT2D eigenvalue weighted by Gasteiger charge is -2.10. The number of benzene rings is 3. The van der Waals surface area contributed by atoms with Gasteiger partial charge in [0.2, 0.25) is 0 Å². The van der Waals surface area contributed by atoms with Crippen molar-refractivity contribution in [1.82, 2.24) is 0 Å². The Balaban J connectivity index is 0.000000877. The van der Waals surface area contributed by atoms with Gasteiger partial charge in [0.05, 0.1) is 11.8 Å². The zero-order valence-corrected chi connectivity index (χ0v) is 20.7. The number of amidine groups is 1. The lowest BCUT2D eigenvalue weighted by molar-refractivity contribution is -0.132. The smallest absolute Gasteiger partial charge is 0.336 e. The number of hydrogen-bond acceptors (Lipinski definition) is 8. The highest BCUT2D eigenvalue weighted by Gasteiger charge is 2.18. The minimum Gasteiger partial charge on any atom is -0.427 e. The van der Waals surface area contributed by atoms with E-state index < -0.39 is 22.1 Å². The molecule has 0 saturated heterocycles. The first kappa shape index (κ1) is 28.6. The molecule has 0 amide bonds. The highest BCUT2D eigenvalue weighted by molar-refractivity contribution is 7.85. The van der Waals surface area contributed by atoms with Gasteiger partial charge >= 0.3 is 11.9 Å². The number of ketones is 1. The Morgan fingerprint density at radius 2 is 1.51 bits per heavy atom. The molecule has 0 fully saturated rings. The molecule has 0 spiro atoms. The van der Waals surface area contributed by atoms with Crippen LogP contribution in [-0.4, -0.2) is 42.8 Å². The molecule has 0 aliphatic rings. The monoisotopic (exact) mass is 524 g/mol. The quantitative estimate of drug-likeness (QED) is 0.0797. The number of nitrogens with two attached hydrogens (primary N) is 1. The second-order valence-electron chi connectivity index (χ2n) is 7.47. The molecule has 3 aromatic rings. The fraction of sp³-hybridized carbons (Fsp3) is 0.0769. The highest BCUT2D eigenvalue weighted by atomic mass is 32.2. The maximum absolute atomic E-state index is 13.0. The van der Waals surface area contributed by atoms with Crippen molar-refractivity contribution in [1.29, 1.82) is 5.41 Å². The van der Waals surface area contributed by atoms with E-state index >= 15 is 0 Å². The molecule has 0 aromatic heterocycles. The van der Waals surface area contributed by atoms with Gasteiger partial charge in [-0.05, 0) is 42.0 Å². The van der Waals surface area contributed by atoms with Crippen molar-refractivity contribution in [2.24, 2.45) is 5.73 Å². The molecule has 0 bridgehead atoms. The van der Waals surface area contributed by atoms with Crippen molar-refractivity contribution in [2.45, 2.75) is 6.92 Å². The van der Waals surface area contributed by atoms with Gasteiger partial charge in [0.1, 0.15) is 17.3 Å². The van der Waals surface area contributed by atoms with Gasteiger partial charge in [-0.1, -0.05) is 42.5 Å². The van der Waals surface area contributed by atoms with Gasteiger partial charge in [-0.3, -0.25) is 19.6 Å². The summed E-state index contributed by atoms with van der Waals surface area (Å²) in [5.74, 6) is -1.22. The van der Waals surface area contributed by atoms with Crippen LogP contribution >= 0.6 is 0 Å². The molecule has 0 radical (unpaired) electrons. The summed E-state index contributed by atoms with van der Waals surface area (Å²) in [6, 6.07) is 19.4. The topological polar surface area (TPSA) is 174 Å². The van der Waals surface area contributed by atoms with Crippen LogP contribution in [0.4, 0.5) is 0 Å². The number of nitrogen functional groups attached to an aromatic ring is 1. The predicted octanol–water partition coefficient (Wildman–Crippen LogP) is 3.25. The number of hydrogen-bond donors (Lipinski definition) is 3. The molecule has 0 unspecified atom stereocenters. The number of esters is 2. The van der Waals surface area contributed by atoms with Crippen LogP contribution in [0.5, 0.6) is 11.5 Å². The van der Waals surface area contributed by atoms with Gasteiger partial charge in [0, 0.05) is 24.1 Å². The van der Waals surface area contributed by atoms with Crippen LogP contribution in [0.1, 0.15) is 34.0 Å². The van der Waals surface area contributed by atoms with Gasteiger partial charge in [0.15, 0.2) is 5.78 Å². The number of rotatable bonds is 7. The molecule has 192 valence electrons. The summed E-state index contributed by atoms with van der Waals surface area (Å²) in [5, 5.41) is 7.62. The molecule has 11 heteroatoms. The summed E-state index contributed by atoms with van der Waals surface area (Å²) in [5.41, 5.74) is 7.11. The van der Waals surface area contributed by atoms with E-state index in [0.717, 1.165) is 0 Å². The minimum atomic E-state index is -3.67. The van der Waals surface area contributed by atoms with E-state index in [1.165, 1.54) is 37.3 Å². The van der Waals surface area contributed by atoms with Crippen LogP contribution in [0, 0.1) is 5.41 Å². The fourth-order valence-electron chi connectivity index (χ4n) is 2.83. The van der Waals surface area contributed by atoms with Gasteiger partial charge in [-0.2, -0.15) is 8.42 Å². The van der Waals surface area contributed by atoms with Gasteiger partial charge in [-0.15, -0.1) is 0 Å². The van der Waals surface area contributed by atoms with Crippen molar-refractivity contribution in [3.8, 4) is 11.5 Å².